The Morgan fingerprint density at radius 3 is 2.67 bits per heavy atom. The Kier molecular flexibility index (Phi) is 1.48. The van der Waals surface area contributed by atoms with Crippen LogP contribution in [0.3, 0.4) is 0 Å². The highest BCUT2D eigenvalue weighted by molar-refractivity contribution is 6.00. The van der Waals surface area contributed by atoms with E-state index in [1.807, 2.05) is 0 Å². The summed E-state index contributed by atoms with van der Waals surface area (Å²) in [4.78, 5) is 20.9. The van der Waals surface area contributed by atoms with Gasteiger partial charge in [-0.3, -0.25) is 14.9 Å². The van der Waals surface area contributed by atoms with E-state index in [1.165, 1.54) is 0 Å². The van der Waals surface area contributed by atoms with Crippen LogP contribution < -0.4 is 11.1 Å². The maximum Gasteiger partial charge on any atom is 0.245 e. The molecule has 4 nitrogen and oxygen atoms in total. The van der Waals surface area contributed by atoms with Crippen molar-refractivity contribution in [1.29, 1.82) is 0 Å². The molecule has 9 heavy (non-hydrogen) atoms. The maximum absolute atomic E-state index is 10.5. The van der Waals surface area contributed by atoms with Crippen LogP contribution in [0.25, 0.3) is 0 Å². The van der Waals surface area contributed by atoms with E-state index in [0.717, 1.165) is 0 Å². The summed E-state index contributed by atoms with van der Waals surface area (Å²) in [6.07, 6.45) is 0.671. The predicted molar refractivity (Wildman–Crippen MR) is 29.3 cm³/mol. The molecule has 0 spiro atoms. The minimum absolute atomic E-state index is 0.261. The van der Waals surface area contributed by atoms with Crippen molar-refractivity contribution in [2.24, 2.45) is 0 Å². The van der Waals surface area contributed by atoms with Gasteiger partial charge < -0.3 is 0 Å². The van der Waals surface area contributed by atoms with Crippen molar-refractivity contribution in [3.63, 3.8) is 0 Å². The molecule has 2 amide bonds. The van der Waals surface area contributed by atoms with Gasteiger partial charge >= 0.3 is 0 Å². The third-order valence-electron chi connectivity index (χ3n) is 1.24. The number of hydrogen-bond donors (Lipinski definition) is 1. The average Bonchev–Trinajstić information content (AvgIpc) is 1.80. The molecular weight excluding hydrogens is 120 g/mol. The molecule has 1 atom stereocenters. The van der Waals surface area contributed by atoms with Gasteiger partial charge in [-0.2, -0.15) is 0 Å². The van der Waals surface area contributed by atoms with E-state index in [-0.39, 0.29) is 5.91 Å². The van der Waals surface area contributed by atoms with E-state index < -0.39 is 11.9 Å². The minimum Gasteiger partial charge on any atom is -0.295 e. The van der Waals surface area contributed by atoms with Crippen molar-refractivity contribution < 1.29 is 9.59 Å². The average molecular weight is 127 g/mol. The molecule has 0 saturated carbocycles. The third-order valence-corrected chi connectivity index (χ3v) is 1.24. The molecule has 2 N–H and O–H groups in total. The predicted octanol–water partition coefficient (Wildman–Crippen LogP) is -0.926. The second-order valence-electron chi connectivity index (χ2n) is 2.00. The molecule has 1 saturated heterocycles. The summed E-state index contributed by atoms with van der Waals surface area (Å²) < 4.78 is 0. The Morgan fingerprint density at radius 1 is 1.56 bits per heavy atom. The van der Waals surface area contributed by atoms with Crippen LogP contribution in [-0.4, -0.2) is 17.9 Å². The summed E-state index contributed by atoms with van der Waals surface area (Å²) in [5.41, 5.74) is 7.00. The SMILES string of the molecule is [NH]C1CCC(=O)NC1=O. The highest BCUT2D eigenvalue weighted by Crippen LogP contribution is 2.01. The normalized spacial score (nSPS) is 27.9. The third kappa shape index (κ3) is 1.26. The second kappa shape index (κ2) is 2.14. The van der Waals surface area contributed by atoms with Crippen molar-refractivity contribution in [3.8, 4) is 0 Å². The monoisotopic (exact) mass is 127 g/mol. The zero-order valence-electron chi connectivity index (χ0n) is 4.81. The van der Waals surface area contributed by atoms with Crippen molar-refractivity contribution in [2.75, 3.05) is 0 Å². The van der Waals surface area contributed by atoms with Gasteiger partial charge in [-0.05, 0) is 6.42 Å². The number of hydrogen-bond acceptors (Lipinski definition) is 2. The van der Waals surface area contributed by atoms with Crippen molar-refractivity contribution >= 4 is 11.8 Å². The molecule has 1 heterocycles. The Balaban J connectivity index is 2.54. The Hall–Kier alpha value is -0.900. The maximum atomic E-state index is 10.5. The van der Waals surface area contributed by atoms with Crippen LogP contribution in [-0.2, 0) is 9.59 Å². The lowest BCUT2D eigenvalue weighted by Gasteiger charge is -2.14. The van der Waals surface area contributed by atoms with Gasteiger partial charge in [0.1, 0.15) is 6.04 Å². The minimum atomic E-state index is -0.734. The quantitative estimate of drug-likeness (QED) is 0.427. The van der Waals surface area contributed by atoms with Gasteiger partial charge in [0.25, 0.3) is 0 Å². The van der Waals surface area contributed by atoms with Crippen molar-refractivity contribution in [2.45, 2.75) is 18.9 Å². The number of imide groups is 1. The molecule has 1 aliphatic heterocycles. The number of carbonyl (C=O) groups excluding carboxylic acids is 2. The molecule has 1 rings (SSSR count). The van der Waals surface area contributed by atoms with Crippen LogP contribution in [0.1, 0.15) is 12.8 Å². The summed E-state index contributed by atoms with van der Waals surface area (Å²) in [5.74, 6) is -0.727. The number of amides is 2. The number of piperidine rings is 1. The van der Waals surface area contributed by atoms with E-state index >= 15 is 0 Å². The van der Waals surface area contributed by atoms with Crippen LogP contribution in [0, 0.1) is 0 Å². The van der Waals surface area contributed by atoms with E-state index in [2.05, 4.69) is 5.32 Å². The lowest BCUT2D eigenvalue weighted by Crippen LogP contribution is -2.44. The smallest absolute Gasteiger partial charge is 0.245 e. The first-order valence-electron chi connectivity index (χ1n) is 2.75. The fraction of sp³-hybridized carbons (Fsp3) is 0.600. The first kappa shape index (κ1) is 6.22. The van der Waals surface area contributed by atoms with Gasteiger partial charge in [0.2, 0.25) is 11.8 Å². The summed E-state index contributed by atoms with van der Waals surface area (Å²) in [6.45, 7) is 0. The van der Waals surface area contributed by atoms with E-state index in [0.29, 0.717) is 12.8 Å². The molecule has 1 unspecified atom stereocenters. The van der Waals surface area contributed by atoms with Crippen molar-refractivity contribution in [3.05, 3.63) is 0 Å². The molecule has 4 heteroatoms. The zero-order chi connectivity index (χ0) is 6.85. The highest BCUT2D eigenvalue weighted by atomic mass is 16.2. The van der Waals surface area contributed by atoms with E-state index in [4.69, 9.17) is 5.73 Å². The summed E-state index contributed by atoms with van der Waals surface area (Å²) in [6, 6.07) is -0.734. The lowest BCUT2D eigenvalue weighted by molar-refractivity contribution is -0.134. The number of carbonyl (C=O) groups is 2. The van der Waals surface area contributed by atoms with E-state index in [9.17, 15) is 9.59 Å². The van der Waals surface area contributed by atoms with Gasteiger partial charge in [0, 0.05) is 6.42 Å². The van der Waals surface area contributed by atoms with Crippen LogP contribution in [0.5, 0.6) is 0 Å². The first-order chi connectivity index (χ1) is 4.20. The van der Waals surface area contributed by atoms with Gasteiger partial charge in [0.15, 0.2) is 0 Å². The van der Waals surface area contributed by atoms with Crippen molar-refractivity contribution in [1.82, 2.24) is 11.1 Å². The zero-order valence-corrected chi connectivity index (χ0v) is 4.81. The standard InChI is InChI=1S/C5H7N2O2/c6-3-1-2-4(8)7-5(3)9/h3,6H,1-2H2,(H,7,8,9). The summed E-state index contributed by atoms with van der Waals surface area (Å²) in [7, 11) is 0. The summed E-state index contributed by atoms with van der Waals surface area (Å²) in [5, 5.41) is 2.06. The fourth-order valence-electron chi connectivity index (χ4n) is 0.694. The van der Waals surface area contributed by atoms with Crippen LogP contribution in [0.15, 0.2) is 0 Å². The molecule has 0 aliphatic carbocycles. The molecule has 1 radical (unpaired) electrons. The lowest BCUT2D eigenvalue weighted by atomic mass is 10.1. The number of rotatable bonds is 0. The molecule has 0 aromatic rings. The number of nitrogens with one attached hydrogen (secondary N) is 2. The molecule has 1 fully saturated rings. The fourth-order valence-corrected chi connectivity index (χ4v) is 0.694. The topological polar surface area (TPSA) is 70.0 Å². The Morgan fingerprint density at radius 2 is 2.22 bits per heavy atom. The van der Waals surface area contributed by atoms with Crippen LogP contribution in [0.4, 0.5) is 0 Å². The molecule has 0 aromatic heterocycles. The molecule has 1 aliphatic rings. The molecule has 0 bridgehead atoms. The van der Waals surface area contributed by atoms with Crippen LogP contribution >= 0.6 is 0 Å². The first-order valence-corrected chi connectivity index (χ1v) is 2.75. The Bertz CT molecular complexity index is 155. The highest BCUT2D eigenvalue weighted by Gasteiger charge is 2.22. The van der Waals surface area contributed by atoms with Gasteiger partial charge in [-0.1, -0.05) is 0 Å². The molecule has 0 aromatic carbocycles. The van der Waals surface area contributed by atoms with Crippen LogP contribution in [0.2, 0.25) is 0 Å². The Labute approximate surface area is 52.4 Å². The second-order valence-corrected chi connectivity index (χ2v) is 2.00. The van der Waals surface area contributed by atoms with Gasteiger partial charge in [0.05, 0.1) is 0 Å². The molecule has 49 valence electrons. The summed E-state index contributed by atoms with van der Waals surface area (Å²) >= 11 is 0. The van der Waals surface area contributed by atoms with E-state index in [1.54, 1.807) is 0 Å². The van der Waals surface area contributed by atoms with Gasteiger partial charge in [-0.15, -0.1) is 0 Å². The largest absolute Gasteiger partial charge is 0.295 e. The van der Waals surface area contributed by atoms with Gasteiger partial charge in [-0.25, -0.2) is 5.73 Å². The molecular formula is C5H7N2O2.